The first-order chi connectivity index (χ1) is 14.5. The highest BCUT2D eigenvalue weighted by Gasteiger charge is 2.34. The van der Waals surface area contributed by atoms with Crippen LogP contribution in [0.3, 0.4) is 0 Å². The van der Waals surface area contributed by atoms with E-state index in [2.05, 4.69) is 20.8 Å². The monoisotopic (exact) mass is 414 g/mol. The van der Waals surface area contributed by atoms with Gasteiger partial charge in [-0.1, -0.05) is 12.1 Å². The van der Waals surface area contributed by atoms with E-state index in [4.69, 9.17) is 0 Å². The van der Waals surface area contributed by atoms with Crippen LogP contribution in [0.5, 0.6) is 0 Å². The van der Waals surface area contributed by atoms with E-state index in [1.165, 1.54) is 29.7 Å². The third kappa shape index (κ3) is 4.83. The van der Waals surface area contributed by atoms with Crippen molar-refractivity contribution < 1.29 is 14.0 Å². The van der Waals surface area contributed by atoms with Crippen molar-refractivity contribution in [2.45, 2.75) is 45.1 Å². The lowest BCUT2D eigenvalue weighted by Crippen LogP contribution is -2.48. The van der Waals surface area contributed by atoms with Crippen LogP contribution in [0, 0.1) is 24.6 Å². The van der Waals surface area contributed by atoms with Crippen molar-refractivity contribution in [1.29, 1.82) is 0 Å². The van der Waals surface area contributed by atoms with Crippen molar-refractivity contribution in [2.24, 2.45) is 11.8 Å². The maximum absolute atomic E-state index is 13.5. The third-order valence-electron chi connectivity index (χ3n) is 5.95. The van der Waals surface area contributed by atoms with E-state index in [1.807, 2.05) is 0 Å². The second-order valence-corrected chi connectivity index (χ2v) is 8.33. The summed E-state index contributed by atoms with van der Waals surface area (Å²) < 4.78 is 14.8. The normalized spacial score (nSPS) is 20.1. The molecule has 2 fully saturated rings. The Morgan fingerprint density at radius 3 is 2.67 bits per heavy atom. The van der Waals surface area contributed by atoms with Crippen molar-refractivity contribution in [2.75, 3.05) is 19.6 Å². The number of tetrazole rings is 1. The molecule has 1 saturated carbocycles. The van der Waals surface area contributed by atoms with Gasteiger partial charge in [-0.2, -0.15) is 0 Å². The van der Waals surface area contributed by atoms with Crippen LogP contribution in [0.1, 0.15) is 43.1 Å². The van der Waals surface area contributed by atoms with Crippen LogP contribution in [0.2, 0.25) is 0 Å². The lowest BCUT2D eigenvalue weighted by atomic mass is 9.95. The predicted molar refractivity (Wildman–Crippen MR) is 107 cm³/mol. The van der Waals surface area contributed by atoms with Gasteiger partial charge in [-0.05, 0) is 66.6 Å². The van der Waals surface area contributed by atoms with Gasteiger partial charge in [0.1, 0.15) is 17.7 Å². The summed E-state index contributed by atoms with van der Waals surface area (Å²) in [6, 6.07) is 5.45. The van der Waals surface area contributed by atoms with Crippen LogP contribution in [0.4, 0.5) is 4.39 Å². The van der Waals surface area contributed by atoms with Crippen LogP contribution in [0.15, 0.2) is 24.3 Å². The van der Waals surface area contributed by atoms with Crippen LogP contribution < -0.4 is 5.32 Å². The average Bonchev–Trinajstić information content (AvgIpc) is 3.50. The Balaban J connectivity index is 1.48. The number of nitrogens with one attached hydrogen (secondary N) is 1. The summed E-state index contributed by atoms with van der Waals surface area (Å²) in [6.07, 6.45) is 4.29. The molecule has 2 aliphatic rings. The Morgan fingerprint density at radius 1 is 1.23 bits per heavy atom. The molecular formula is C21H27FN6O2. The first-order valence-electron chi connectivity index (χ1n) is 10.6. The third-order valence-corrected chi connectivity index (χ3v) is 5.95. The van der Waals surface area contributed by atoms with Gasteiger partial charge in [0, 0.05) is 26.1 Å². The van der Waals surface area contributed by atoms with E-state index in [-0.39, 0.29) is 23.5 Å². The molecule has 1 aliphatic heterocycles. The van der Waals surface area contributed by atoms with Crippen molar-refractivity contribution >= 4 is 11.8 Å². The number of benzene rings is 1. The number of hydrogen-bond donors (Lipinski definition) is 1. The van der Waals surface area contributed by atoms with E-state index in [0.29, 0.717) is 31.3 Å². The number of carbonyl (C=O) groups excluding carboxylic acids is 2. The fourth-order valence-corrected chi connectivity index (χ4v) is 3.96. The molecule has 2 atom stereocenters. The number of aryl methyl sites for hydroxylation is 1. The molecule has 1 aliphatic carbocycles. The summed E-state index contributed by atoms with van der Waals surface area (Å²) in [5.74, 6) is 0.561. The van der Waals surface area contributed by atoms with Crippen LogP contribution in [0.25, 0.3) is 0 Å². The van der Waals surface area contributed by atoms with Gasteiger partial charge in [0.05, 0.1) is 5.92 Å². The number of nitrogens with zero attached hydrogens (tertiary/aromatic N) is 5. The van der Waals surface area contributed by atoms with E-state index in [1.54, 1.807) is 24.0 Å². The van der Waals surface area contributed by atoms with Crippen LogP contribution in [-0.4, -0.2) is 56.6 Å². The molecule has 2 amide bonds. The summed E-state index contributed by atoms with van der Waals surface area (Å²) in [7, 11) is 0. The van der Waals surface area contributed by atoms with Crippen LogP contribution in [-0.2, 0) is 16.0 Å². The zero-order valence-electron chi connectivity index (χ0n) is 17.1. The smallest absolute Gasteiger partial charge is 0.247 e. The molecule has 9 heteroatoms. The van der Waals surface area contributed by atoms with Gasteiger partial charge in [0.2, 0.25) is 11.8 Å². The summed E-state index contributed by atoms with van der Waals surface area (Å²) in [4.78, 5) is 27.8. The molecule has 30 heavy (non-hydrogen) atoms. The molecule has 160 valence electrons. The second kappa shape index (κ2) is 8.89. The molecule has 2 heterocycles. The minimum atomic E-state index is -0.640. The van der Waals surface area contributed by atoms with Gasteiger partial charge in [-0.25, -0.2) is 9.07 Å². The fourth-order valence-electron chi connectivity index (χ4n) is 3.96. The number of rotatable bonds is 7. The Hall–Kier alpha value is -2.84. The predicted octanol–water partition coefficient (Wildman–Crippen LogP) is 1.67. The number of piperidine rings is 1. The molecule has 1 N–H and O–H groups in total. The summed E-state index contributed by atoms with van der Waals surface area (Å²) >= 11 is 0. The number of likely N-dealkylation sites (tertiary alicyclic amines) is 1. The molecule has 0 unspecified atom stereocenters. The molecule has 8 nitrogen and oxygen atoms in total. The minimum absolute atomic E-state index is 0.0353. The van der Waals surface area contributed by atoms with Gasteiger partial charge >= 0.3 is 0 Å². The first kappa shape index (κ1) is 20.4. The second-order valence-electron chi connectivity index (χ2n) is 8.33. The number of carbonyl (C=O) groups is 2. The zero-order valence-corrected chi connectivity index (χ0v) is 17.1. The maximum atomic E-state index is 13.5. The van der Waals surface area contributed by atoms with E-state index in [0.717, 1.165) is 24.9 Å². The Morgan fingerprint density at radius 2 is 2.00 bits per heavy atom. The Labute approximate surface area is 174 Å². The van der Waals surface area contributed by atoms with E-state index < -0.39 is 6.04 Å². The van der Waals surface area contributed by atoms with E-state index >= 15 is 0 Å². The summed E-state index contributed by atoms with van der Waals surface area (Å²) in [6.45, 7) is 3.48. The first-order valence-corrected chi connectivity index (χ1v) is 10.6. The van der Waals surface area contributed by atoms with Crippen LogP contribution >= 0.6 is 0 Å². The minimum Gasteiger partial charge on any atom is -0.356 e. The van der Waals surface area contributed by atoms with Crippen molar-refractivity contribution in [3.05, 3.63) is 41.5 Å². The topological polar surface area (TPSA) is 93.0 Å². The molecular weight excluding hydrogens is 387 g/mol. The quantitative estimate of drug-likeness (QED) is 0.744. The molecule has 0 spiro atoms. The highest BCUT2D eigenvalue weighted by Crippen LogP contribution is 2.28. The highest BCUT2D eigenvalue weighted by atomic mass is 19.1. The van der Waals surface area contributed by atoms with Gasteiger partial charge in [-0.3, -0.25) is 9.59 Å². The number of hydrogen-bond acceptors (Lipinski definition) is 5. The zero-order chi connectivity index (χ0) is 21.1. The average molecular weight is 414 g/mol. The van der Waals surface area contributed by atoms with E-state index in [9.17, 15) is 14.0 Å². The molecule has 1 aromatic heterocycles. The SMILES string of the molecule is Cc1nnnn1[C@H](Cc1ccc(F)cc1)C(=O)N1CCC[C@H](C(=O)NCC2CC2)C1. The van der Waals surface area contributed by atoms with Gasteiger partial charge < -0.3 is 10.2 Å². The standard InChI is InChI=1S/C21H27FN6O2/c1-14-24-25-26-28(14)19(11-15-6-8-18(22)9-7-15)21(30)27-10-2-3-17(13-27)20(29)23-12-16-4-5-16/h6-9,16-17,19H,2-5,10-13H2,1H3,(H,23,29)/t17-,19+/m0/s1. The van der Waals surface area contributed by atoms with Gasteiger partial charge in [0.15, 0.2) is 0 Å². The maximum Gasteiger partial charge on any atom is 0.247 e. The molecule has 4 rings (SSSR count). The van der Waals surface area contributed by atoms with Crippen molar-refractivity contribution in [3.63, 3.8) is 0 Å². The Bertz CT molecular complexity index is 895. The summed E-state index contributed by atoms with van der Waals surface area (Å²) in [5.41, 5.74) is 0.820. The molecule has 0 radical (unpaired) electrons. The van der Waals surface area contributed by atoms with Crippen molar-refractivity contribution in [3.8, 4) is 0 Å². The molecule has 2 aromatic rings. The highest BCUT2D eigenvalue weighted by molar-refractivity contribution is 5.83. The lowest BCUT2D eigenvalue weighted by Gasteiger charge is -2.34. The molecule has 1 aromatic carbocycles. The number of amides is 2. The van der Waals surface area contributed by atoms with Gasteiger partial charge in [0.25, 0.3) is 0 Å². The van der Waals surface area contributed by atoms with Crippen molar-refractivity contribution in [1.82, 2.24) is 30.4 Å². The Kier molecular flexibility index (Phi) is 6.06. The molecule has 0 bridgehead atoms. The lowest BCUT2D eigenvalue weighted by molar-refractivity contribution is -0.139. The summed E-state index contributed by atoms with van der Waals surface area (Å²) in [5, 5.41) is 14.6. The largest absolute Gasteiger partial charge is 0.356 e. The van der Waals surface area contributed by atoms with Gasteiger partial charge in [-0.15, -0.1) is 5.10 Å². The fraction of sp³-hybridized carbons (Fsp3) is 0.571. The number of aromatic nitrogens is 4. The molecule has 1 saturated heterocycles. The number of halogens is 1.